The molecule has 21 heavy (non-hydrogen) atoms. The van der Waals surface area contributed by atoms with Gasteiger partial charge in [-0.1, -0.05) is 12.1 Å². The monoisotopic (exact) mass is 322 g/mol. The number of hydrogen-bond acceptors (Lipinski definition) is 4. The Morgan fingerprint density at radius 1 is 1.33 bits per heavy atom. The van der Waals surface area contributed by atoms with Gasteiger partial charge in [0.15, 0.2) is 0 Å². The molecule has 1 saturated heterocycles. The van der Waals surface area contributed by atoms with Crippen LogP contribution in [-0.2, 0) is 9.84 Å². The third-order valence-electron chi connectivity index (χ3n) is 3.55. The van der Waals surface area contributed by atoms with Crippen LogP contribution in [0, 0.1) is 5.92 Å². The van der Waals surface area contributed by atoms with Crippen molar-refractivity contribution in [2.24, 2.45) is 5.92 Å². The second kappa shape index (κ2) is 5.84. The minimum atomic E-state index is -5.34. The van der Waals surface area contributed by atoms with Gasteiger partial charge in [0.2, 0.25) is 0 Å². The summed E-state index contributed by atoms with van der Waals surface area (Å²) >= 11 is 0. The fourth-order valence-electron chi connectivity index (χ4n) is 2.42. The number of para-hydroxylation sites is 1. The largest absolute Gasteiger partial charge is 0.501 e. The topological polar surface area (TPSA) is 49.4 Å². The highest BCUT2D eigenvalue weighted by molar-refractivity contribution is 7.92. The molecule has 1 aliphatic heterocycles. The number of nitrogens with one attached hydrogen (secondary N) is 1. The molecular weight excluding hydrogens is 305 g/mol. The highest BCUT2D eigenvalue weighted by Crippen LogP contribution is 2.34. The van der Waals surface area contributed by atoms with Crippen LogP contribution in [0.1, 0.15) is 6.42 Å². The van der Waals surface area contributed by atoms with E-state index in [1.807, 2.05) is 7.05 Å². The van der Waals surface area contributed by atoms with Crippen LogP contribution in [0.15, 0.2) is 29.2 Å². The van der Waals surface area contributed by atoms with Crippen molar-refractivity contribution in [3.63, 3.8) is 0 Å². The summed E-state index contributed by atoms with van der Waals surface area (Å²) in [5.74, 6) is 0.302. The molecule has 0 amide bonds. The molecule has 0 radical (unpaired) electrons. The van der Waals surface area contributed by atoms with Crippen LogP contribution in [0.2, 0.25) is 0 Å². The zero-order valence-electron chi connectivity index (χ0n) is 11.5. The van der Waals surface area contributed by atoms with E-state index < -0.39 is 20.2 Å². The Labute approximate surface area is 121 Å². The van der Waals surface area contributed by atoms with Crippen LogP contribution in [0.25, 0.3) is 0 Å². The number of halogens is 3. The van der Waals surface area contributed by atoms with Crippen molar-refractivity contribution in [1.29, 1.82) is 0 Å². The lowest BCUT2D eigenvalue weighted by molar-refractivity contribution is -0.0435. The molecule has 0 unspecified atom stereocenters. The molecule has 118 valence electrons. The highest BCUT2D eigenvalue weighted by Gasteiger charge is 2.47. The number of anilines is 1. The summed E-state index contributed by atoms with van der Waals surface area (Å²) < 4.78 is 61.1. The van der Waals surface area contributed by atoms with Gasteiger partial charge in [-0.2, -0.15) is 13.2 Å². The average molecular weight is 322 g/mol. The van der Waals surface area contributed by atoms with Crippen molar-refractivity contribution in [1.82, 2.24) is 4.90 Å². The molecule has 2 rings (SSSR count). The first-order chi connectivity index (χ1) is 9.72. The molecule has 0 bridgehead atoms. The van der Waals surface area contributed by atoms with Crippen LogP contribution in [0.3, 0.4) is 0 Å². The molecule has 0 aromatic heterocycles. The molecule has 1 aliphatic rings. The van der Waals surface area contributed by atoms with E-state index in [-0.39, 0.29) is 5.69 Å². The highest BCUT2D eigenvalue weighted by atomic mass is 32.2. The maximum absolute atomic E-state index is 12.7. The molecule has 0 saturated carbocycles. The summed E-state index contributed by atoms with van der Waals surface area (Å²) in [5.41, 5.74) is -5.29. The van der Waals surface area contributed by atoms with Gasteiger partial charge >= 0.3 is 5.51 Å². The van der Waals surface area contributed by atoms with Crippen molar-refractivity contribution < 1.29 is 21.6 Å². The van der Waals surface area contributed by atoms with Gasteiger partial charge in [-0.15, -0.1) is 0 Å². The fourth-order valence-corrected chi connectivity index (χ4v) is 3.36. The maximum Gasteiger partial charge on any atom is 0.501 e. The Kier molecular flexibility index (Phi) is 4.48. The molecular formula is C13H17F3N2O2S. The maximum atomic E-state index is 12.7. The Bertz CT molecular complexity index is 602. The standard InChI is InChI=1S/C13H17F3N2O2S/c1-18-7-6-10(9-18)8-17-11-4-2-3-5-12(11)21(19,20)13(14,15)16/h2-5,10,17H,6-9H2,1H3/t10-/m1/s1. The van der Waals surface area contributed by atoms with E-state index >= 15 is 0 Å². The van der Waals surface area contributed by atoms with Gasteiger partial charge in [0, 0.05) is 13.1 Å². The first kappa shape index (κ1) is 16.1. The molecule has 1 atom stereocenters. The number of alkyl halides is 3. The van der Waals surface area contributed by atoms with Crippen LogP contribution in [0.4, 0.5) is 18.9 Å². The van der Waals surface area contributed by atoms with E-state index in [4.69, 9.17) is 0 Å². The number of sulfone groups is 1. The zero-order chi connectivity index (χ0) is 15.7. The Balaban J connectivity index is 2.18. The SMILES string of the molecule is CN1CC[C@H](CNc2ccccc2S(=O)(=O)C(F)(F)F)C1. The molecule has 1 N–H and O–H groups in total. The fraction of sp³-hybridized carbons (Fsp3) is 0.538. The summed E-state index contributed by atoms with van der Waals surface area (Å²) in [6, 6.07) is 5.13. The minimum Gasteiger partial charge on any atom is -0.384 e. The first-order valence-corrected chi connectivity index (χ1v) is 8.03. The van der Waals surface area contributed by atoms with E-state index in [0.29, 0.717) is 12.5 Å². The van der Waals surface area contributed by atoms with E-state index in [0.717, 1.165) is 25.6 Å². The molecule has 0 spiro atoms. The van der Waals surface area contributed by atoms with Gasteiger partial charge in [-0.05, 0) is 38.1 Å². The van der Waals surface area contributed by atoms with E-state index in [1.165, 1.54) is 18.2 Å². The average Bonchev–Trinajstić information content (AvgIpc) is 2.81. The normalized spacial score (nSPS) is 20.7. The lowest BCUT2D eigenvalue weighted by Gasteiger charge is -2.16. The second-order valence-electron chi connectivity index (χ2n) is 5.24. The number of likely N-dealkylation sites (tertiary alicyclic amines) is 1. The van der Waals surface area contributed by atoms with Crippen LogP contribution >= 0.6 is 0 Å². The van der Waals surface area contributed by atoms with E-state index in [9.17, 15) is 21.6 Å². The van der Waals surface area contributed by atoms with Crippen molar-refractivity contribution in [2.75, 3.05) is 32.0 Å². The molecule has 1 aromatic carbocycles. The Hall–Kier alpha value is -1.28. The van der Waals surface area contributed by atoms with E-state index in [2.05, 4.69) is 10.2 Å². The van der Waals surface area contributed by atoms with Gasteiger partial charge in [0.25, 0.3) is 9.84 Å². The third kappa shape index (κ3) is 3.49. The van der Waals surface area contributed by atoms with Crippen LogP contribution in [0.5, 0.6) is 0 Å². The van der Waals surface area contributed by atoms with Crippen molar-refractivity contribution in [3.05, 3.63) is 24.3 Å². The summed E-state index contributed by atoms with van der Waals surface area (Å²) in [6.07, 6.45) is 0.942. The molecule has 0 aliphatic carbocycles. The predicted molar refractivity (Wildman–Crippen MR) is 73.8 cm³/mol. The van der Waals surface area contributed by atoms with Gasteiger partial charge < -0.3 is 10.2 Å². The lowest BCUT2D eigenvalue weighted by atomic mass is 10.1. The summed E-state index contributed by atoms with van der Waals surface area (Å²) in [6.45, 7) is 2.24. The predicted octanol–water partition coefficient (Wildman–Crippen LogP) is 2.34. The summed E-state index contributed by atoms with van der Waals surface area (Å²) in [4.78, 5) is 1.41. The van der Waals surface area contributed by atoms with Gasteiger partial charge in [-0.25, -0.2) is 8.42 Å². The number of hydrogen-bond donors (Lipinski definition) is 1. The van der Waals surface area contributed by atoms with Gasteiger partial charge in [-0.3, -0.25) is 0 Å². The third-order valence-corrected chi connectivity index (χ3v) is 5.10. The molecule has 4 nitrogen and oxygen atoms in total. The quantitative estimate of drug-likeness (QED) is 0.924. The van der Waals surface area contributed by atoms with Crippen LogP contribution in [-0.4, -0.2) is 45.5 Å². The van der Waals surface area contributed by atoms with E-state index in [1.54, 1.807) is 0 Å². The van der Waals surface area contributed by atoms with Gasteiger partial charge in [0.05, 0.1) is 10.6 Å². The number of rotatable bonds is 4. The summed E-state index contributed by atoms with van der Waals surface area (Å²) in [7, 11) is -3.36. The second-order valence-corrected chi connectivity index (χ2v) is 7.15. The number of benzene rings is 1. The Morgan fingerprint density at radius 3 is 2.57 bits per heavy atom. The van der Waals surface area contributed by atoms with Crippen molar-refractivity contribution in [3.8, 4) is 0 Å². The van der Waals surface area contributed by atoms with Crippen molar-refractivity contribution in [2.45, 2.75) is 16.8 Å². The smallest absolute Gasteiger partial charge is 0.384 e. The molecule has 1 aromatic rings. The number of nitrogens with zero attached hydrogens (tertiary/aromatic N) is 1. The summed E-state index contributed by atoms with van der Waals surface area (Å²) in [5, 5.41) is 2.85. The van der Waals surface area contributed by atoms with Gasteiger partial charge in [0.1, 0.15) is 0 Å². The van der Waals surface area contributed by atoms with Crippen molar-refractivity contribution >= 4 is 15.5 Å². The Morgan fingerprint density at radius 2 is 2.00 bits per heavy atom. The molecule has 1 fully saturated rings. The van der Waals surface area contributed by atoms with Crippen LogP contribution < -0.4 is 5.32 Å². The molecule has 8 heteroatoms. The minimum absolute atomic E-state index is 0.00405. The lowest BCUT2D eigenvalue weighted by Crippen LogP contribution is -2.25. The zero-order valence-corrected chi connectivity index (χ0v) is 12.3. The first-order valence-electron chi connectivity index (χ1n) is 6.54. The molecule has 1 heterocycles.